The minimum Gasteiger partial charge on any atom is -0.496 e. The molecule has 2 saturated carbocycles. The Hall–Kier alpha value is -1.97. The maximum absolute atomic E-state index is 6.05. The molecule has 4 nitrogen and oxygen atoms in total. The second kappa shape index (κ2) is 4.52. The Kier molecular flexibility index (Phi) is 2.74. The summed E-state index contributed by atoms with van der Waals surface area (Å²) >= 11 is 0. The predicted octanol–water partition coefficient (Wildman–Crippen LogP) is 3.75. The number of hydrogen-bond donors (Lipinski definition) is 1. The van der Waals surface area contributed by atoms with E-state index in [0.717, 1.165) is 40.0 Å². The van der Waals surface area contributed by atoms with Gasteiger partial charge in [-0.05, 0) is 55.2 Å². The fraction of sp³-hybridized carbons (Fsp3) is 0.471. The van der Waals surface area contributed by atoms with E-state index in [9.17, 15) is 0 Å². The van der Waals surface area contributed by atoms with Crippen molar-refractivity contribution in [3.8, 4) is 16.9 Å². The molecule has 0 amide bonds. The molecule has 0 bridgehead atoms. The quantitative estimate of drug-likeness (QED) is 0.932. The summed E-state index contributed by atoms with van der Waals surface area (Å²) in [5.74, 6) is 3.60. The lowest BCUT2D eigenvalue weighted by atomic mass is 9.93. The third-order valence-electron chi connectivity index (χ3n) is 5.07. The van der Waals surface area contributed by atoms with E-state index >= 15 is 0 Å². The molecular weight excluding hydrogens is 264 g/mol. The maximum atomic E-state index is 6.05. The minimum absolute atomic E-state index is 0.413. The third kappa shape index (κ3) is 2.01. The first-order chi connectivity index (χ1) is 10.2. The van der Waals surface area contributed by atoms with Gasteiger partial charge in [0.2, 0.25) is 5.88 Å². The van der Waals surface area contributed by atoms with Crippen molar-refractivity contribution in [2.75, 3.05) is 12.8 Å². The molecule has 1 heterocycles. The summed E-state index contributed by atoms with van der Waals surface area (Å²) in [7, 11) is 1.69. The second-order valence-electron chi connectivity index (χ2n) is 6.42. The number of aromatic nitrogens is 1. The largest absolute Gasteiger partial charge is 0.496 e. The molecule has 0 aliphatic heterocycles. The van der Waals surface area contributed by atoms with Crippen LogP contribution in [0.3, 0.4) is 0 Å². The Balaban J connectivity index is 1.75. The first-order valence-corrected chi connectivity index (χ1v) is 7.57. The molecule has 0 saturated heterocycles. The Labute approximate surface area is 124 Å². The first kappa shape index (κ1) is 12.7. The zero-order chi connectivity index (χ0) is 14.6. The van der Waals surface area contributed by atoms with Gasteiger partial charge in [0, 0.05) is 5.92 Å². The number of nitrogens with two attached hydrogens (primary N) is 1. The van der Waals surface area contributed by atoms with Crippen molar-refractivity contribution >= 4 is 5.88 Å². The molecule has 2 atom stereocenters. The summed E-state index contributed by atoms with van der Waals surface area (Å²) in [5.41, 5.74) is 10.2. The highest BCUT2D eigenvalue weighted by Gasteiger charge is 2.47. The molecule has 4 rings (SSSR count). The van der Waals surface area contributed by atoms with Crippen LogP contribution < -0.4 is 10.5 Å². The average Bonchev–Trinajstić information content (AvgIpc) is 2.92. The van der Waals surface area contributed by atoms with Crippen LogP contribution in [0, 0.1) is 18.8 Å². The van der Waals surface area contributed by atoms with Gasteiger partial charge in [0.05, 0.1) is 18.4 Å². The van der Waals surface area contributed by atoms with E-state index in [1.54, 1.807) is 7.11 Å². The summed E-state index contributed by atoms with van der Waals surface area (Å²) in [6.07, 6.45) is 3.86. The fourth-order valence-electron chi connectivity index (χ4n) is 3.80. The van der Waals surface area contributed by atoms with Crippen molar-refractivity contribution in [3.63, 3.8) is 0 Å². The Bertz CT molecular complexity index is 682. The van der Waals surface area contributed by atoms with E-state index in [1.165, 1.54) is 19.3 Å². The Morgan fingerprint density at radius 2 is 2.00 bits per heavy atom. The van der Waals surface area contributed by atoms with Crippen LogP contribution in [0.2, 0.25) is 0 Å². The summed E-state index contributed by atoms with van der Waals surface area (Å²) in [6.45, 7) is 2.03. The number of nitrogens with zero attached hydrogens (tertiary/aromatic N) is 1. The predicted molar refractivity (Wildman–Crippen MR) is 81.2 cm³/mol. The van der Waals surface area contributed by atoms with Crippen molar-refractivity contribution in [1.82, 2.24) is 5.16 Å². The lowest BCUT2D eigenvalue weighted by Crippen LogP contribution is -1.99. The summed E-state index contributed by atoms with van der Waals surface area (Å²) < 4.78 is 10.7. The molecular formula is C17H20N2O2. The van der Waals surface area contributed by atoms with Crippen LogP contribution in [0.5, 0.6) is 5.75 Å². The number of fused-ring (bicyclic) bond motifs is 1. The molecule has 2 aromatic rings. The Morgan fingerprint density at radius 1 is 1.24 bits per heavy atom. The molecule has 110 valence electrons. The fourth-order valence-corrected chi connectivity index (χ4v) is 3.80. The number of benzene rings is 1. The molecule has 4 heteroatoms. The average molecular weight is 284 g/mol. The third-order valence-corrected chi connectivity index (χ3v) is 5.07. The van der Waals surface area contributed by atoms with Gasteiger partial charge in [0.1, 0.15) is 5.75 Å². The van der Waals surface area contributed by atoms with Crippen molar-refractivity contribution in [1.29, 1.82) is 0 Å². The highest BCUT2D eigenvalue weighted by Crippen LogP contribution is 2.58. The van der Waals surface area contributed by atoms with E-state index in [0.29, 0.717) is 11.8 Å². The molecule has 1 aromatic heterocycles. The second-order valence-corrected chi connectivity index (χ2v) is 6.42. The number of aryl methyl sites for hydroxylation is 1. The SMILES string of the molecule is COc1cc(-c2c(C3CC4CC4C3)noc2N)ccc1C. The Morgan fingerprint density at radius 3 is 2.71 bits per heavy atom. The summed E-state index contributed by atoms with van der Waals surface area (Å²) in [5, 5.41) is 4.27. The number of rotatable bonds is 3. The van der Waals surface area contributed by atoms with Crippen molar-refractivity contribution in [2.24, 2.45) is 11.8 Å². The van der Waals surface area contributed by atoms with Crippen molar-refractivity contribution < 1.29 is 9.26 Å². The molecule has 1 aromatic carbocycles. The molecule has 2 N–H and O–H groups in total. The van der Waals surface area contributed by atoms with Gasteiger partial charge < -0.3 is 15.0 Å². The number of anilines is 1. The minimum atomic E-state index is 0.413. The van der Waals surface area contributed by atoms with Crippen molar-refractivity contribution in [3.05, 3.63) is 29.5 Å². The normalized spacial score (nSPS) is 26.7. The van der Waals surface area contributed by atoms with Gasteiger partial charge in [0.15, 0.2) is 0 Å². The molecule has 2 unspecified atom stereocenters. The van der Waals surface area contributed by atoms with Crippen molar-refractivity contribution in [2.45, 2.75) is 32.1 Å². The standard InChI is InChI=1S/C17H20N2O2/c1-9-3-4-10(8-14(9)20-2)15-16(19-21-17(15)18)13-6-11-5-12(11)7-13/h3-4,8,11-13H,5-7,18H2,1-2H3. The van der Waals surface area contributed by atoms with Crippen LogP contribution in [-0.2, 0) is 0 Å². The van der Waals surface area contributed by atoms with Crippen LogP contribution >= 0.6 is 0 Å². The lowest BCUT2D eigenvalue weighted by molar-refractivity contribution is 0.412. The van der Waals surface area contributed by atoms with E-state index in [1.807, 2.05) is 13.0 Å². The number of hydrogen-bond acceptors (Lipinski definition) is 4. The summed E-state index contributed by atoms with van der Waals surface area (Å²) in [6, 6.07) is 6.15. The van der Waals surface area contributed by atoms with Gasteiger partial charge in [-0.1, -0.05) is 17.3 Å². The van der Waals surface area contributed by atoms with Gasteiger partial charge >= 0.3 is 0 Å². The summed E-state index contributed by atoms with van der Waals surface area (Å²) in [4.78, 5) is 0. The van der Waals surface area contributed by atoms with Gasteiger partial charge in [-0.25, -0.2) is 0 Å². The van der Waals surface area contributed by atoms with E-state index in [-0.39, 0.29) is 0 Å². The molecule has 2 aliphatic rings. The lowest BCUT2D eigenvalue weighted by Gasteiger charge is -2.12. The van der Waals surface area contributed by atoms with E-state index in [2.05, 4.69) is 17.3 Å². The van der Waals surface area contributed by atoms with Crippen LogP contribution in [0.4, 0.5) is 5.88 Å². The highest BCUT2D eigenvalue weighted by atomic mass is 16.5. The topological polar surface area (TPSA) is 61.3 Å². The number of ether oxygens (including phenoxy) is 1. The number of methoxy groups -OCH3 is 1. The zero-order valence-electron chi connectivity index (χ0n) is 12.4. The van der Waals surface area contributed by atoms with Gasteiger partial charge in [-0.15, -0.1) is 0 Å². The van der Waals surface area contributed by atoms with Crippen LogP contribution in [0.1, 0.15) is 36.4 Å². The van der Waals surface area contributed by atoms with E-state index in [4.69, 9.17) is 15.0 Å². The van der Waals surface area contributed by atoms with Crippen LogP contribution in [0.25, 0.3) is 11.1 Å². The van der Waals surface area contributed by atoms with E-state index < -0.39 is 0 Å². The molecule has 0 spiro atoms. The van der Waals surface area contributed by atoms with Gasteiger partial charge in [-0.2, -0.15) is 0 Å². The van der Waals surface area contributed by atoms with Gasteiger partial charge in [-0.3, -0.25) is 0 Å². The molecule has 2 fully saturated rings. The monoisotopic (exact) mass is 284 g/mol. The molecule has 21 heavy (non-hydrogen) atoms. The molecule has 0 radical (unpaired) electrons. The maximum Gasteiger partial charge on any atom is 0.230 e. The smallest absolute Gasteiger partial charge is 0.230 e. The first-order valence-electron chi connectivity index (χ1n) is 7.57. The zero-order valence-corrected chi connectivity index (χ0v) is 12.4. The van der Waals surface area contributed by atoms with Crippen LogP contribution in [-0.4, -0.2) is 12.3 Å². The van der Waals surface area contributed by atoms with Crippen LogP contribution in [0.15, 0.2) is 22.7 Å². The highest BCUT2D eigenvalue weighted by molar-refractivity contribution is 5.77. The number of nitrogen functional groups attached to an aromatic ring is 1. The molecule has 2 aliphatic carbocycles. The van der Waals surface area contributed by atoms with Gasteiger partial charge in [0.25, 0.3) is 0 Å².